The minimum atomic E-state index is 0.0737. The zero-order chi connectivity index (χ0) is 18.6. The molecule has 2 aliphatic rings. The van der Waals surface area contributed by atoms with E-state index in [1.54, 1.807) is 11.3 Å². The fourth-order valence-electron chi connectivity index (χ4n) is 4.06. The molecule has 2 aromatic rings. The average Bonchev–Trinajstić information content (AvgIpc) is 3.07. The molecule has 4 rings (SSSR count). The molecule has 27 heavy (non-hydrogen) atoms. The van der Waals surface area contributed by atoms with Gasteiger partial charge in [-0.3, -0.25) is 4.79 Å². The number of amides is 1. The first-order chi connectivity index (χ1) is 13.2. The molecule has 0 radical (unpaired) electrons. The molecule has 1 saturated carbocycles. The smallest absolute Gasteiger partial charge is 0.254 e. The fraction of sp³-hybridized carbons (Fsp3) is 0.455. The second-order valence-corrected chi connectivity index (χ2v) is 9.03. The molecule has 1 heterocycles. The summed E-state index contributed by atoms with van der Waals surface area (Å²) in [7, 11) is 0. The van der Waals surface area contributed by atoms with E-state index in [0.29, 0.717) is 11.1 Å². The van der Waals surface area contributed by atoms with Crippen molar-refractivity contribution in [2.75, 3.05) is 0 Å². The van der Waals surface area contributed by atoms with Gasteiger partial charge in [-0.1, -0.05) is 43.0 Å². The van der Waals surface area contributed by atoms with E-state index in [0.717, 1.165) is 48.2 Å². The van der Waals surface area contributed by atoms with Crippen molar-refractivity contribution in [1.29, 1.82) is 0 Å². The molecular formula is C22H25ClN2OS. The Kier molecular flexibility index (Phi) is 5.94. The quantitative estimate of drug-likeness (QED) is 0.619. The van der Waals surface area contributed by atoms with Gasteiger partial charge in [0.15, 0.2) is 0 Å². The molecule has 0 unspecified atom stereocenters. The lowest BCUT2D eigenvalue weighted by molar-refractivity contribution is 0.0927. The van der Waals surface area contributed by atoms with Crippen molar-refractivity contribution in [3.8, 4) is 0 Å². The number of rotatable bonds is 4. The van der Waals surface area contributed by atoms with E-state index in [9.17, 15) is 4.79 Å². The van der Waals surface area contributed by atoms with Gasteiger partial charge < -0.3 is 5.32 Å². The van der Waals surface area contributed by atoms with Crippen LogP contribution in [0.1, 0.15) is 71.3 Å². The summed E-state index contributed by atoms with van der Waals surface area (Å²) >= 11 is 7.65. The van der Waals surface area contributed by atoms with Crippen LogP contribution in [-0.4, -0.2) is 18.2 Å². The summed E-state index contributed by atoms with van der Waals surface area (Å²) in [5, 5.41) is 4.86. The highest BCUT2D eigenvalue weighted by molar-refractivity contribution is 7.16. The lowest BCUT2D eigenvalue weighted by Crippen LogP contribution is -2.36. The van der Waals surface area contributed by atoms with Gasteiger partial charge in [0.05, 0.1) is 5.56 Å². The van der Waals surface area contributed by atoms with Crippen LogP contribution in [0.2, 0.25) is 5.02 Å². The zero-order valence-corrected chi connectivity index (χ0v) is 17.0. The predicted molar refractivity (Wildman–Crippen MR) is 114 cm³/mol. The maximum absolute atomic E-state index is 13.1. The number of benzene rings is 1. The normalized spacial score (nSPS) is 17.8. The monoisotopic (exact) mass is 400 g/mol. The van der Waals surface area contributed by atoms with Gasteiger partial charge in [0.25, 0.3) is 5.91 Å². The van der Waals surface area contributed by atoms with E-state index in [-0.39, 0.29) is 5.91 Å². The molecule has 142 valence electrons. The highest BCUT2D eigenvalue weighted by Gasteiger charge is 2.27. The molecule has 0 bridgehead atoms. The van der Waals surface area contributed by atoms with Gasteiger partial charge in [-0.15, -0.1) is 11.3 Å². The van der Waals surface area contributed by atoms with Gasteiger partial charge in [-0.2, -0.15) is 0 Å². The molecular weight excluding hydrogens is 376 g/mol. The third kappa shape index (κ3) is 4.44. The molecule has 0 aliphatic heterocycles. The SMILES string of the molecule is O=C(NC1CCCCC1)c1c(/N=C\c2ccc(Cl)cc2)sc2c1CCCC2. The molecule has 1 aromatic heterocycles. The summed E-state index contributed by atoms with van der Waals surface area (Å²) in [6.07, 6.45) is 12.2. The number of hydrogen-bond donors (Lipinski definition) is 1. The molecule has 0 atom stereocenters. The Morgan fingerprint density at radius 3 is 2.59 bits per heavy atom. The average molecular weight is 401 g/mol. The first-order valence-electron chi connectivity index (χ1n) is 9.96. The van der Waals surface area contributed by atoms with Crippen LogP contribution in [0.4, 0.5) is 5.00 Å². The van der Waals surface area contributed by atoms with Crippen LogP contribution in [0, 0.1) is 0 Å². The maximum atomic E-state index is 13.1. The Morgan fingerprint density at radius 2 is 1.81 bits per heavy atom. The van der Waals surface area contributed by atoms with Crippen LogP contribution in [0.3, 0.4) is 0 Å². The standard InChI is InChI=1S/C22H25ClN2OS/c23-16-12-10-15(11-13-16)14-24-22-20(18-8-4-5-9-19(18)27-22)21(26)25-17-6-2-1-3-7-17/h10-14,17H,1-9H2,(H,25,26)/b24-14-. The molecule has 0 spiro atoms. The summed E-state index contributed by atoms with van der Waals surface area (Å²) in [6, 6.07) is 7.93. The lowest BCUT2D eigenvalue weighted by Gasteiger charge is -2.23. The largest absolute Gasteiger partial charge is 0.349 e. The topological polar surface area (TPSA) is 41.5 Å². The van der Waals surface area contributed by atoms with Gasteiger partial charge in [0.1, 0.15) is 5.00 Å². The summed E-state index contributed by atoms with van der Waals surface area (Å²) < 4.78 is 0. The van der Waals surface area contributed by atoms with Crippen molar-refractivity contribution < 1.29 is 4.79 Å². The van der Waals surface area contributed by atoms with Crippen molar-refractivity contribution in [2.24, 2.45) is 4.99 Å². The highest BCUT2D eigenvalue weighted by Crippen LogP contribution is 2.40. The van der Waals surface area contributed by atoms with Gasteiger partial charge in [0.2, 0.25) is 0 Å². The Labute approximate surface area is 169 Å². The van der Waals surface area contributed by atoms with E-state index >= 15 is 0 Å². The summed E-state index contributed by atoms with van der Waals surface area (Å²) in [6.45, 7) is 0. The second kappa shape index (κ2) is 8.57. The van der Waals surface area contributed by atoms with Crippen LogP contribution >= 0.6 is 22.9 Å². The van der Waals surface area contributed by atoms with Crippen molar-refractivity contribution >= 4 is 40.1 Å². The Balaban J connectivity index is 1.61. The van der Waals surface area contributed by atoms with Gasteiger partial charge in [-0.25, -0.2) is 4.99 Å². The Hall–Kier alpha value is -1.65. The minimum Gasteiger partial charge on any atom is -0.349 e. The number of aryl methyl sites for hydroxylation is 1. The summed E-state index contributed by atoms with van der Waals surface area (Å²) in [5.41, 5.74) is 3.05. The van der Waals surface area contributed by atoms with Crippen LogP contribution in [-0.2, 0) is 12.8 Å². The number of nitrogens with one attached hydrogen (secondary N) is 1. The molecule has 3 nitrogen and oxygen atoms in total. The highest BCUT2D eigenvalue weighted by atomic mass is 35.5. The number of thiophene rings is 1. The lowest BCUT2D eigenvalue weighted by atomic mass is 9.93. The van der Waals surface area contributed by atoms with E-state index in [1.807, 2.05) is 30.5 Å². The molecule has 1 fully saturated rings. The number of carbonyl (C=O) groups is 1. The molecule has 2 aliphatic carbocycles. The maximum Gasteiger partial charge on any atom is 0.254 e. The molecule has 5 heteroatoms. The summed E-state index contributed by atoms with van der Waals surface area (Å²) in [4.78, 5) is 19.2. The van der Waals surface area contributed by atoms with Crippen molar-refractivity contribution in [2.45, 2.75) is 63.8 Å². The van der Waals surface area contributed by atoms with Crippen molar-refractivity contribution in [3.63, 3.8) is 0 Å². The van der Waals surface area contributed by atoms with Crippen LogP contribution in [0.25, 0.3) is 0 Å². The first-order valence-corrected chi connectivity index (χ1v) is 11.1. The van der Waals surface area contributed by atoms with Gasteiger partial charge in [0, 0.05) is 22.2 Å². The molecule has 1 N–H and O–H groups in total. The fourth-order valence-corrected chi connectivity index (χ4v) is 5.42. The molecule has 1 amide bonds. The predicted octanol–water partition coefficient (Wildman–Crippen LogP) is 6.09. The van der Waals surface area contributed by atoms with E-state index in [1.165, 1.54) is 36.1 Å². The number of halogens is 1. The zero-order valence-electron chi connectivity index (χ0n) is 15.5. The summed E-state index contributed by atoms with van der Waals surface area (Å²) in [5.74, 6) is 0.0737. The second-order valence-electron chi connectivity index (χ2n) is 7.51. The van der Waals surface area contributed by atoms with Crippen LogP contribution in [0.15, 0.2) is 29.3 Å². The number of hydrogen-bond acceptors (Lipinski definition) is 3. The van der Waals surface area contributed by atoms with E-state index in [2.05, 4.69) is 5.32 Å². The van der Waals surface area contributed by atoms with Gasteiger partial charge >= 0.3 is 0 Å². The third-order valence-corrected chi connectivity index (χ3v) is 6.97. The molecule has 1 aromatic carbocycles. The number of fused-ring (bicyclic) bond motifs is 1. The van der Waals surface area contributed by atoms with Crippen LogP contribution in [0.5, 0.6) is 0 Å². The first kappa shape index (κ1) is 18.7. The number of nitrogens with zero attached hydrogens (tertiary/aromatic N) is 1. The van der Waals surface area contributed by atoms with E-state index < -0.39 is 0 Å². The van der Waals surface area contributed by atoms with Gasteiger partial charge in [-0.05, 0) is 61.8 Å². The number of aliphatic imine (C=N–C) groups is 1. The number of carbonyl (C=O) groups excluding carboxylic acids is 1. The molecule has 0 saturated heterocycles. The van der Waals surface area contributed by atoms with E-state index in [4.69, 9.17) is 16.6 Å². The minimum absolute atomic E-state index is 0.0737. The van der Waals surface area contributed by atoms with Crippen molar-refractivity contribution in [3.05, 3.63) is 50.9 Å². The third-order valence-electron chi connectivity index (χ3n) is 5.52. The Morgan fingerprint density at radius 1 is 1.07 bits per heavy atom. The Bertz CT molecular complexity index is 835. The van der Waals surface area contributed by atoms with Crippen molar-refractivity contribution in [1.82, 2.24) is 5.32 Å². The van der Waals surface area contributed by atoms with Crippen LogP contribution < -0.4 is 5.32 Å².